The fourth-order valence-electron chi connectivity index (χ4n) is 4.78. The number of H-pyrrole nitrogens is 1. The average Bonchev–Trinajstić information content (AvgIpc) is 3.63. The van der Waals surface area contributed by atoms with E-state index in [1.165, 1.54) is 19.3 Å². The Hall–Kier alpha value is -3.79. The molecule has 5 rings (SSSR count). The van der Waals surface area contributed by atoms with Crippen LogP contribution in [0.15, 0.2) is 76.6 Å². The number of amides is 1. The Balaban J connectivity index is 1.32. The van der Waals surface area contributed by atoms with Crippen LogP contribution in [0.25, 0.3) is 45.4 Å². The summed E-state index contributed by atoms with van der Waals surface area (Å²) in [4.78, 5) is 35.0. The molecule has 0 unspecified atom stereocenters. The van der Waals surface area contributed by atoms with E-state index in [-0.39, 0.29) is 5.91 Å². The predicted molar refractivity (Wildman–Crippen MR) is 169 cm³/mol. The van der Waals surface area contributed by atoms with Crippen LogP contribution in [0.2, 0.25) is 0 Å². The van der Waals surface area contributed by atoms with Gasteiger partial charge in [0.25, 0.3) is 0 Å². The molecule has 210 valence electrons. The minimum Gasteiger partial charge on any atom is -0.478 e. The van der Waals surface area contributed by atoms with E-state index in [9.17, 15) is 9.59 Å². The Kier molecular flexibility index (Phi) is 9.61. The van der Waals surface area contributed by atoms with Gasteiger partial charge in [0, 0.05) is 36.4 Å². The molecule has 1 fully saturated rings. The molecule has 0 saturated carbocycles. The van der Waals surface area contributed by atoms with Gasteiger partial charge in [0.05, 0.1) is 20.1 Å². The fourth-order valence-corrected chi connectivity index (χ4v) is 6.11. The molecule has 0 spiro atoms. The number of thiophene rings is 1. The smallest absolute Gasteiger partial charge is 0.328 e. The van der Waals surface area contributed by atoms with E-state index in [1.807, 2.05) is 66.7 Å². The second-order valence-electron chi connectivity index (χ2n) is 9.86. The first kappa shape index (κ1) is 28.7. The van der Waals surface area contributed by atoms with Crippen molar-refractivity contribution < 1.29 is 14.7 Å². The fraction of sp³-hybridized carbons (Fsp3) is 0.219. The van der Waals surface area contributed by atoms with Gasteiger partial charge in [-0.1, -0.05) is 55.0 Å². The second kappa shape index (κ2) is 13.7. The summed E-state index contributed by atoms with van der Waals surface area (Å²) in [6, 6.07) is 19.7. The maximum atomic E-state index is 12.3. The quantitative estimate of drug-likeness (QED) is 0.165. The van der Waals surface area contributed by atoms with Gasteiger partial charge in [-0.3, -0.25) is 4.79 Å². The summed E-state index contributed by atoms with van der Waals surface area (Å²) in [6.07, 6.45) is 9.89. The molecule has 3 N–H and O–H groups in total. The summed E-state index contributed by atoms with van der Waals surface area (Å²) in [6.45, 7) is 3.80. The average molecular weight is 632 g/mol. The number of carboxylic acids is 1. The third-order valence-electron chi connectivity index (χ3n) is 6.92. The number of halogens is 1. The van der Waals surface area contributed by atoms with Crippen molar-refractivity contribution in [3.05, 3.63) is 87.7 Å². The molecule has 1 saturated heterocycles. The third kappa shape index (κ3) is 7.91. The molecular weight excluding hydrogens is 600 g/mol. The van der Waals surface area contributed by atoms with Crippen molar-refractivity contribution in [1.29, 1.82) is 0 Å². The second-order valence-corrected chi connectivity index (χ2v) is 12.3. The van der Waals surface area contributed by atoms with Crippen molar-refractivity contribution in [3.8, 4) is 33.2 Å². The lowest BCUT2D eigenvalue weighted by Crippen LogP contribution is -2.37. The van der Waals surface area contributed by atoms with Gasteiger partial charge in [0.2, 0.25) is 5.91 Å². The molecule has 3 heterocycles. The molecule has 2 aromatic carbocycles. The number of carbonyl (C=O) groups excluding carboxylic acids is 1. The van der Waals surface area contributed by atoms with E-state index in [1.54, 1.807) is 23.5 Å². The summed E-state index contributed by atoms with van der Waals surface area (Å²) >= 11 is 5.13. The SMILES string of the molecule is O=C(O)/C=C/c1ccc(-c2[nH]c(-c3ccc(Br)s3)nc2-c2ccc(/C=C/C(=O)NCCN3CCCCC3)cc2)cc1. The van der Waals surface area contributed by atoms with Crippen LogP contribution in [-0.4, -0.2) is 58.0 Å². The molecule has 4 aromatic rings. The lowest BCUT2D eigenvalue weighted by molar-refractivity contribution is -0.131. The number of carbonyl (C=O) groups is 2. The highest BCUT2D eigenvalue weighted by Gasteiger charge is 2.16. The van der Waals surface area contributed by atoms with Crippen LogP contribution in [0.4, 0.5) is 0 Å². The summed E-state index contributed by atoms with van der Waals surface area (Å²) in [5, 5.41) is 11.9. The number of nitrogens with one attached hydrogen (secondary N) is 2. The van der Waals surface area contributed by atoms with Crippen molar-refractivity contribution in [2.45, 2.75) is 19.3 Å². The van der Waals surface area contributed by atoms with E-state index in [0.29, 0.717) is 6.54 Å². The first-order valence-corrected chi connectivity index (χ1v) is 15.2. The van der Waals surface area contributed by atoms with Gasteiger partial charge in [-0.2, -0.15) is 0 Å². The minimum atomic E-state index is -0.983. The lowest BCUT2D eigenvalue weighted by Gasteiger charge is -2.26. The van der Waals surface area contributed by atoms with Gasteiger partial charge in [-0.05, 0) is 77.3 Å². The number of carboxylic acid groups (broad SMARTS) is 1. The molecule has 7 nitrogen and oxygen atoms in total. The Labute approximate surface area is 251 Å². The van der Waals surface area contributed by atoms with Crippen LogP contribution < -0.4 is 5.32 Å². The number of piperidine rings is 1. The van der Waals surface area contributed by atoms with Crippen molar-refractivity contribution in [2.24, 2.45) is 0 Å². The zero-order valence-corrected chi connectivity index (χ0v) is 24.9. The Morgan fingerprint density at radius 3 is 2.22 bits per heavy atom. The standard InChI is InChI=1S/C32H31BrN4O3S/c33-27-15-14-26(41-27)32-35-30(31(36-32)25-12-6-23(7-13-25)9-17-29(39)40)24-10-4-22(5-11-24)8-16-28(38)34-18-21-37-19-2-1-3-20-37/h4-17H,1-3,18-21H2,(H,34,38)(H,35,36)(H,39,40)/b16-8+,17-9+. The minimum absolute atomic E-state index is 0.0888. The normalized spacial score (nSPS) is 14.2. The van der Waals surface area contributed by atoms with Crippen LogP contribution in [0.5, 0.6) is 0 Å². The number of aliphatic carboxylic acids is 1. The van der Waals surface area contributed by atoms with Crippen LogP contribution in [0.3, 0.4) is 0 Å². The molecule has 0 bridgehead atoms. The number of hydrogen-bond acceptors (Lipinski definition) is 5. The van der Waals surface area contributed by atoms with Crippen LogP contribution >= 0.6 is 27.3 Å². The zero-order valence-electron chi connectivity index (χ0n) is 22.5. The van der Waals surface area contributed by atoms with E-state index in [4.69, 9.17) is 10.1 Å². The van der Waals surface area contributed by atoms with E-state index < -0.39 is 5.97 Å². The van der Waals surface area contributed by atoms with Gasteiger partial charge in [0.1, 0.15) is 5.82 Å². The van der Waals surface area contributed by atoms with Crippen LogP contribution in [0.1, 0.15) is 30.4 Å². The molecule has 1 amide bonds. The first-order valence-electron chi connectivity index (χ1n) is 13.6. The number of likely N-dealkylation sites (tertiary alicyclic amines) is 1. The number of imidazole rings is 1. The molecule has 41 heavy (non-hydrogen) atoms. The zero-order chi connectivity index (χ0) is 28.6. The predicted octanol–water partition coefficient (Wildman–Crippen LogP) is 6.95. The topological polar surface area (TPSA) is 98.3 Å². The maximum Gasteiger partial charge on any atom is 0.328 e. The molecule has 2 aromatic heterocycles. The molecule has 0 aliphatic carbocycles. The van der Waals surface area contributed by atoms with Gasteiger partial charge in [-0.15, -0.1) is 11.3 Å². The molecular formula is C32H31BrN4O3S. The van der Waals surface area contributed by atoms with Gasteiger partial charge >= 0.3 is 5.97 Å². The van der Waals surface area contributed by atoms with Crippen molar-refractivity contribution in [2.75, 3.05) is 26.2 Å². The van der Waals surface area contributed by atoms with Crippen molar-refractivity contribution in [3.63, 3.8) is 0 Å². The highest BCUT2D eigenvalue weighted by molar-refractivity contribution is 9.11. The number of hydrogen-bond donors (Lipinski definition) is 3. The van der Waals surface area contributed by atoms with Gasteiger partial charge < -0.3 is 20.3 Å². The van der Waals surface area contributed by atoms with Gasteiger partial charge in [-0.25, -0.2) is 9.78 Å². The van der Waals surface area contributed by atoms with Gasteiger partial charge in [0.15, 0.2) is 0 Å². The molecule has 0 atom stereocenters. The molecule has 1 aliphatic heterocycles. The molecule has 9 heteroatoms. The third-order valence-corrected chi connectivity index (χ3v) is 8.55. The molecule has 1 aliphatic rings. The number of rotatable bonds is 10. The maximum absolute atomic E-state index is 12.3. The number of aromatic amines is 1. The first-order chi connectivity index (χ1) is 19.9. The summed E-state index contributed by atoms with van der Waals surface area (Å²) in [5.74, 6) is -0.303. The van der Waals surface area contributed by atoms with Crippen molar-refractivity contribution >= 4 is 51.3 Å². The van der Waals surface area contributed by atoms with Crippen molar-refractivity contribution in [1.82, 2.24) is 20.2 Å². The summed E-state index contributed by atoms with van der Waals surface area (Å²) in [7, 11) is 0. The number of nitrogens with zero attached hydrogens (tertiary/aromatic N) is 2. The Morgan fingerprint density at radius 1 is 0.927 bits per heavy atom. The number of aromatic nitrogens is 2. The summed E-state index contributed by atoms with van der Waals surface area (Å²) in [5.41, 5.74) is 5.28. The molecule has 0 radical (unpaired) electrons. The Morgan fingerprint density at radius 2 is 1.59 bits per heavy atom. The summed E-state index contributed by atoms with van der Waals surface area (Å²) < 4.78 is 1.02. The monoisotopic (exact) mass is 630 g/mol. The highest BCUT2D eigenvalue weighted by Crippen LogP contribution is 2.36. The van der Waals surface area contributed by atoms with Crippen LogP contribution in [-0.2, 0) is 9.59 Å². The van der Waals surface area contributed by atoms with E-state index in [0.717, 1.165) is 73.8 Å². The van der Waals surface area contributed by atoms with E-state index in [2.05, 4.69) is 31.1 Å². The number of benzene rings is 2. The van der Waals surface area contributed by atoms with E-state index >= 15 is 0 Å². The Bertz CT molecular complexity index is 1550. The highest BCUT2D eigenvalue weighted by atomic mass is 79.9. The van der Waals surface area contributed by atoms with Crippen LogP contribution in [0, 0.1) is 0 Å². The lowest BCUT2D eigenvalue weighted by atomic mass is 10.0. The largest absolute Gasteiger partial charge is 0.478 e.